The maximum atomic E-state index is 12.4. The van der Waals surface area contributed by atoms with Crippen LogP contribution in [0.5, 0.6) is 5.75 Å². The van der Waals surface area contributed by atoms with Gasteiger partial charge in [0.15, 0.2) is 13.1 Å². The summed E-state index contributed by atoms with van der Waals surface area (Å²) in [6, 6.07) is 13.7. The van der Waals surface area contributed by atoms with Gasteiger partial charge in [-0.1, -0.05) is 6.92 Å². The van der Waals surface area contributed by atoms with Crippen LogP contribution in [-0.2, 0) is 9.59 Å². The van der Waals surface area contributed by atoms with Crippen LogP contribution in [0.1, 0.15) is 23.7 Å². The molecule has 4 N–H and O–H groups in total. The van der Waals surface area contributed by atoms with Crippen molar-refractivity contribution in [3.63, 3.8) is 0 Å². The van der Waals surface area contributed by atoms with Gasteiger partial charge >= 0.3 is 0 Å². The van der Waals surface area contributed by atoms with Crippen LogP contribution in [0.15, 0.2) is 48.5 Å². The number of hydrogen-bond acceptors (Lipinski definition) is 4. The maximum absolute atomic E-state index is 12.4. The quantitative estimate of drug-likeness (QED) is 0.465. The molecular formula is C22H29N4O4+. The molecule has 0 aromatic heterocycles. The van der Waals surface area contributed by atoms with Gasteiger partial charge < -0.3 is 25.6 Å². The van der Waals surface area contributed by atoms with Crippen LogP contribution in [0.3, 0.4) is 0 Å². The highest BCUT2D eigenvalue weighted by atomic mass is 16.5. The van der Waals surface area contributed by atoms with E-state index >= 15 is 0 Å². The van der Waals surface area contributed by atoms with Gasteiger partial charge in [0, 0.05) is 23.5 Å². The highest BCUT2D eigenvalue weighted by molar-refractivity contribution is 6.04. The smallest absolute Gasteiger partial charge is 0.279 e. The number of hydrogen-bond donors (Lipinski definition) is 4. The van der Waals surface area contributed by atoms with E-state index in [0.717, 1.165) is 11.3 Å². The van der Waals surface area contributed by atoms with Crippen LogP contribution in [-0.4, -0.2) is 51.5 Å². The van der Waals surface area contributed by atoms with E-state index in [1.54, 1.807) is 62.7 Å². The zero-order chi connectivity index (χ0) is 21.9. The van der Waals surface area contributed by atoms with E-state index in [9.17, 15) is 14.4 Å². The zero-order valence-electron chi connectivity index (χ0n) is 17.6. The van der Waals surface area contributed by atoms with Crippen LogP contribution in [0.4, 0.5) is 11.4 Å². The molecule has 0 radical (unpaired) electrons. The van der Waals surface area contributed by atoms with E-state index in [0.29, 0.717) is 29.2 Å². The van der Waals surface area contributed by atoms with Gasteiger partial charge in [-0.05, 0) is 55.0 Å². The molecule has 1 unspecified atom stereocenters. The fourth-order valence-corrected chi connectivity index (χ4v) is 2.73. The second kappa shape index (κ2) is 11.6. The van der Waals surface area contributed by atoms with Crippen molar-refractivity contribution in [3.05, 3.63) is 54.1 Å². The van der Waals surface area contributed by atoms with E-state index in [2.05, 4.69) is 16.0 Å². The van der Waals surface area contributed by atoms with Crippen LogP contribution >= 0.6 is 0 Å². The van der Waals surface area contributed by atoms with Crippen LogP contribution in [0, 0.1) is 0 Å². The summed E-state index contributed by atoms with van der Waals surface area (Å²) >= 11 is 0. The average molecular weight is 413 g/mol. The van der Waals surface area contributed by atoms with Crippen molar-refractivity contribution < 1.29 is 24.0 Å². The fraction of sp³-hybridized carbons (Fsp3) is 0.318. The molecule has 0 saturated heterocycles. The normalized spacial score (nSPS) is 11.3. The maximum Gasteiger partial charge on any atom is 0.279 e. The monoisotopic (exact) mass is 413 g/mol. The molecule has 3 amide bonds. The Hall–Kier alpha value is -3.39. The molecule has 2 aromatic carbocycles. The Labute approximate surface area is 176 Å². The molecule has 2 rings (SSSR count). The number of nitrogens with one attached hydrogen (secondary N) is 4. The number of amides is 3. The Bertz CT molecular complexity index is 850. The summed E-state index contributed by atoms with van der Waals surface area (Å²) in [7, 11) is 3.37. The predicted octanol–water partition coefficient (Wildman–Crippen LogP) is 0.927. The minimum absolute atomic E-state index is 0.0747. The standard InChI is InChI=1S/C22H28N4O4/c1-4-13-23-20(27)14-26(2)15-21(28)24-17-7-5-16(6-8-17)22(29)25-18-9-11-19(30-3)12-10-18/h5-12H,4,13-15H2,1-3H3,(H,23,27)(H,24,28)(H,25,29)/p+1. The molecule has 0 fully saturated rings. The molecule has 0 aliphatic heterocycles. The predicted molar refractivity (Wildman–Crippen MR) is 116 cm³/mol. The van der Waals surface area contributed by atoms with Crippen molar-refractivity contribution in [2.75, 3.05) is 44.4 Å². The average Bonchev–Trinajstić information content (AvgIpc) is 2.73. The first-order valence-corrected chi connectivity index (χ1v) is 9.84. The topological polar surface area (TPSA) is 101 Å². The number of rotatable bonds is 10. The Morgan fingerprint density at radius 2 is 1.43 bits per heavy atom. The molecule has 0 saturated carbocycles. The lowest BCUT2D eigenvalue weighted by Gasteiger charge is -2.13. The highest BCUT2D eigenvalue weighted by Gasteiger charge is 2.14. The summed E-state index contributed by atoms with van der Waals surface area (Å²) < 4.78 is 5.09. The first-order chi connectivity index (χ1) is 14.4. The highest BCUT2D eigenvalue weighted by Crippen LogP contribution is 2.16. The third-order valence-electron chi connectivity index (χ3n) is 4.28. The van der Waals surface area contributed by atoms with Gasteiger partial charge in [-0.25, -0.2) is 0 Å². The molecule has 30 heavy (non-hydrogen) atoms. The fourth-order valence-electron chi connectivity index (χ4n) is 2.73. The summed E-state index contributed by atoms with van der Waals surface area (Å²) in [5, 5.41) is 8.38. The van der Waals surface area contributed by atoms with Crippen molar-refractivity contribution in [1.29, 1.82) is 0 Å². The first-order valence-electron chi connectivity index (χ1n) is 9.84. The van der Waals surface area contributed by atoms with Crippen molar-refractivity contribution in [2.45, 2.75) is 13.3 Å². The third kappa shape index (κ3) is 7.56. The number of anilines is 2. The molecular weight excluding hydrogens is 384 g/mol. The molecule has 0 heterocycles. The Morgan fingerprint density at radius 1 is 0.867 bits per heavy atom. The van der Waals surface area contributed by atoms with Crippen LogP contribution in [0.2, 0.25) is 0 Å². The second-order valence-electron chi connectivity index (χ2n) is 6.97. The molecule has 8 heteroatoms. The molecule has 0 bridgehead atoms. The van der Waals surface area contributed by atoms with Gasteiger partial charge in [-0.3, -0.25) is 14.4 Å². The molecule has 8 nitrogen and oxygen atoms in total. The molecule has 0 aliphatic rings. The summed E-state index contributed by atoms with van der Waals surface area (Å²) in [4.78, 5) is 37.0. The molecule has 160 valence electrons. The largest absolute Gasteiger partial charge is 0.497 e. The molecule has 1 atom stereocenters. The third-order valence-corrected chi connectivity index (χ3v) is 4.28. The minimum atomic E-state index is -0.250. The van der Waals surface area contributed by atoms with E-state index in [-0.39, 0.29) is 30.8 Å². The lowest BCUT2D eigenvalue weighted by molar-refractivity contribution is -0.862. The Morgan fingerprint density at radius 3 is 2.03 bits per heavy atom. The summed E-state index contributed by atoms with van der Waals surface area (Å²) in [5.74, 6) is 0.183. The lowest BCUT2D eigenvalue weighted by Crippen LogP contribution is -3.11. The van der Waals surface area contributed by atoms with Gasteiger partial charge in [0.05, 0.1) is 14.2 Å². The number of quaternary nitrogens is 1. The SMILES string of the molecule is CCCNC(=O)C[NH+](C)CC(=O)Nc1ccc(C(=O)Nc2ccc(OC)cc2)cc1. The van der Waals surface area contributed by atoms with Crippen molar-refractivity contribution in [3.8, 4) is 5.75 Å². The number of likely N-dealkylation sites (N-methyl/N-ethyl adjacent to an activating group) is 1. The number of ether oxygens (including phenoxy) is 1. The molecule has 2 aromatic rings. The van der Waals surface area contributed by atoms with Crippen molar-refractivity contribution in [2.24, 2.45) is 0 Å². The van der Waals surface area contributed by atoms with Crippen molar-refractivity contribution >= 4 is 29.1 Å². The van der Waals surface area contributed by atoms with E-state index < -0.39 is 0 Å². The van der Waals surface area contributed by atoms with Gasteiger partial charge in [0.1, 0.15) is 5.75 Å². The second-order valence-corrected chi connectivity index (χ2v) is 6.97. The zero-order valence-corrected chi connectivity index (χ0v) is 17.6. The van der Waals surface area contributed by atoms with Gasteiger partial charge in [-0.2, -0.15) is 0 Å². The molecule has 0 spiro atoms. The number of carbonyl (C=O) groups is 3. The Kier molecular flexibility index (Phi) is 8.83. The first kappa shape index (κ1) is 22.9. The number of benzene rings is 2. The number of carbonyl (C=O) groups excluding carboxylic acids is 3. The van der Waals surface area contributed by atoms with E-state index in [4.69, 9.17) is 4.74 Å². The summed E-state index contributed by atoms with van der Waals surface area (Å²) in [6.45, 7) is 3.02. The minimum Gasteiger partial charge on any atom is -0.497 e. The van der Waals surface area contributed by atoms with Crippen LogP contribution < -0.4 is 25.6 Å². The van der Waals surface area contributed by atoms with Crippen molar-refractivity contribution in [1.82, 2.24) is 5.32 Å². The van der Waals surface area contributed by atoms with Gasteiger partial charge in [0.2, 0.25) is 0 Å². The molecule has 0 aliphatic carbocycles. The van der Waals surface area contributed by atoms with Gasteiger partial charge in [0.25, 0.3) is 17.7 Å². The Balaban J connectivity index is 1.83. The van der Waals surface area contributed by atoms with E-state index in [1.165, 1.54) is 0 Å². The lowest BCUT2D eigenvalue weighted by atomic mass is 10.2. The van der Waals surface area contributed by atoms with Crippen LogP contribution in [0.25, 0.3) is 0 Å². The van der Waals surface area contributed by atoms with Gasteiger partial charge in [-0.15, -0.1) is 0 Å². The van der Waals surface area contributed by atoms with E-state index in [1.807, 2.05) is 6.92 Å². The summed E-state index contributed by atoms with van der Waals surface area (Å²) in [6.07, 6.45) is 0.874. The number of methoxy groups -OCH3 is 1. The summed E-state index contributed by atoms with van der Waals surface area (Å²) in [5.41, 5.74) is 1.72.